The van der Waals surface area contributed by atoms with Crippen molar-refractivity contribution in [3.8, 4) is 0 Å². The molecule has 4 rings (SSSR count). The number of allylic oxidation sites excluding steroid dienone is 4. The van der Waals surface area contributed by atoms with E-state index in [9.17, 15) is 29.3 Å². The first-order valence-corrected chi connectivity index (χ1v) is 10.2. The van der Waals surface area contributed by atoms with Gasteiger partial charge in [0.15, 0.2) is 5.78 Å². The molecule has 0 heterocycles. The molecule has 3 saturated carbocycles. The van der Waals surface area contributed by atoms with E-state index in [1.807, 2.05) is 13.0 Å². The van der Waals surface area contributed by atoms with Crippen LogP contribution in [0, 0.1) is 34.5 Å². The second-order valence-corrected chi connectivity index (χ2v) is 9.81. The van der Waals surface area contributed by atoms with Gasteiger partial charge in [-0.3, -0.25) is 9.59 Å². The average molecular weight is 392 g/mol. The molecule has 0 bridgehead atoms. The number of hydrogen-bond donors (Lipinski definition) is 3. The molecule has 0 saturated heterocycles. The fraction of sp³-hybridized carbons (Fsp3) is 0.727. The summed E-state index contributed by atoms with van der Waals surface area (Å²) in [5, 5.41) is 31.9. The molecule has 3 N–H and O–H groups in total. The van der Waals surface area contributed by atoms with E-state index in [0.717, 1.165) is 18.4 Å². The van der Waals surface area contributed by atoms with Gasteiger partial charge in [0.1, 0.15) is 5.60 Å². The van der Waals surface area contributed by atoms with E-state index in [0.29, 0.717) is 6.42 Å². The van der Waals surface area contributed by atoms with Gasteiger partial charge in [-0.15, -0.1) is 0 Å². The molecule has 28 heavy (non-hydrogen) atoms. The van der Waals surface area contributed by atoms with Gasteiger partial charge >= 0.3 is 0 Å². The van der Waals surface area contributed by atoms with Crippen molar-refractivity contribution in [2.75, 3.05) is 0 Å². The molecule has 154 valence electrons. The number of ketones is 2. The summed E-state index contributed by atoms with van der Waals surface area (Å²) >= 11 is 0. The summed E-state index contributed by atoms with van der Waals surface area (Å²) in [6.45, 7) is 5.53. The SMILES string of the molecule is CC1C[C@H]2[C@@H]3CCC4=CC(=O)C=C[C@]4(C)[C@H]3C(O)C[C@]2(C)[C@@]1(O)C(=O)C(O)F. The number of rotatable bonds is 2. The highest BCUT2D eigenvalue weighted by Crippen LogP contribution is 2.68. The number of hydrogen-bond acceptors (Lipinski definition) is 5. The zero-order chi connectivity index (χ0) is 20.6. The topological polar surface area (TPSA) is 94.8 Å². The zero-order valence-electron chi connectivity index (χ0n) is 16.6. The standard InChI is InChI=1S/C22H29FO5/c1-11-8-15-14-5-4-12-9-13(24)6-7-20(12,2)17(14)16(25)10-21(15,3)22(11,28)18(26)19(23)27/h6-7,9,11,14-17,19,25,27-28H,4-5,8,10H2,1-3H3/t11?,14-,15-,16?,17+,19?,20-,21-,22-/m0/s1. The summed E-state index contributed by atoms with van der Waals surface area (Å²) < 4.78 is 13.6. The lowest BCUT2D eigenvalue weighted by molar-refractivity contribution is -0.193. The predicted molar refractivity (Wildman–Crippen MR) is 99.6 cm³/mol. The third-order valence-electron chi connectivity index (χ3n) is 8.67. The van der Waals surface area contributed by atoms with Crippen LogP contribution in [0.1, 0.15) is 46.5 Å². The van der Waals surface area contributed by atoms with Crippen molar-refractivity contribution < 1.29 is 29.3 Å². The minimum absolute atomic E-state index is 0.0348. The first-order valence-electron chi connectivity index (χ1n) is 10.2. The summed E-state index contributed by atoms with van der Waals surface area (Å²) in [5.41, 5.74) is -2.43. The van der Waals surface area contributed by atoms with Crippen LogP contribution < -0.4 is 0 Å². The number of aliphatic hydroxyl groups excluding tert-OH is 2. The molecule has 4 aliphatic carbocycles. The minimum Gasteiger partial charge on any atom is -0.393 e. The molecule has 0 spiro atoms. The molecule has 6 heteroatoms. The number of carbonyl (C=O) groups excluding carboxylic acids is 2. The van der Waals surface area contributed by atoms with E-state index in [2.05, 4.69) is 0 Å². The number of fused-ring (bicyclic) bond motifs is 5. The second-order valence-electron chi connectivity index (χ2n) is 9.81. The quantitative estimate of drug-likeness (QED) is 0.669. The molecule has 5 nitrogen and oxygen atoms in total. The molecule has 0 amide bonds. The lowest BCUT2D eigenvalue weighted by atomic mass is 9.46. The maximum Gasteiger partial charge on any atom is 0.258 e. The van der Waals surface area contributed by atoms with Gasteiger partial charge in [0, 0.05) is 16.7 Å². The number of carbonyl (C=O) groups is 2. The molecule has 0 radical (unpaired) electrons. The fourth-order valence-electron chi connectivity index (χ4n) is 7.37. The van der Waals surface area contributed by atoms with Crippen LogP contribution in [-0.4, -0.2) is 44.9 Å². The van der Waals surface area contributed by atoms with Gasteiger partial charge in [0.05, 0.1) is 6.10 Å². The summed E-state index contributed by atoms with van der Waals surface area (Å²) in [5.74, 6) is -1.91. The molecule has 3 fully saturated rings. The van der Waals surface area contributed by atoms with Gasteiger partial charge in [-0.2, -0.15) is 0 Å². The summed E-state index contributed by atoms with van der Waals surface area (Å²) in [7, 11) is 0. The Kier molecular flexibility index (Phi) is 4.32. The summed E-state index contributed by atoms with van der Waals surface area (Å²) in [6.07, 6.45) is 3.76. The van der Waals surface area contributed by atoms with Crippen molar-refractivity contribution >= 4 is 11.6 Å². The highest BCUT2D eigenvalue weighted by molar-refractivity contribution is 6.01. The van der Waals surface area contributed by atoms with E-state index in [-0.39, 0.29) is 30.0 Å². The number of Topliss-reactive ketones (excluding diaryl/α,β-unsaturated/α-hetero) is 1. The third-order valence-corrected chi connectivity index (χ3v) is 8.67. The van der Waals surface area contributed by atoms with Crippen LogP contribution in [0.15, 0.2) is 23.8 Å². The van der Waals surface area contributed by atoms with Gasteiger partial charge in [-0.1, -0.05) is 32.4 Å². The Morgan fingerprint density at radius 3 is 2.68 bits per heavy atom. The molecule has 9 atom stereocenters. The molecule has 0 aromatic carbocycles. The normalized spacial score (nSPS) is 51.0. The van der Waals surface area contributed by atoms with Gasteiger partial charge in [-0.05, 0) is 55.6 Å². The summed E-state index contributed by atoms with van der Waals surface area (Å²) in [6, 6.07) is 0. The summed E-state index contributed by atoms with van der Waals surface area (Å²) in [4.78, 5) is 24.4. The largest absolute Gasteiger partial charge is 0.393 e. The maximum absolute atomic E-state index is 13.6. The number of alkyl halides is 1. The monoisotopic (exact) mass is 392 g/mol. The Balaban J connectivity index is 1.77. The van der Waals surface area contributed by atoms with Crippen LogP contribution >= 0.6 is 0 Å². The van der Waals surface area contributed by atoms with E-state index in [4.69, 9.17) is 0 Å². The van der Waals surface area contributed by atoms with Crippen LogP contribution in [0.3, 0.4) is 0 Å². The van der Waals surface area contributed by atoms with Crippen LogP contribution in [-0.2, 0) is 9.59 Å². The van der Waals surface area contributed by atoms with Gasteiger partial charge in [-0.25, -0.2) is 4.39 Å². The van der Waals surface area contributed by atoms with Crippen LogP contribution in [0.4, 0.5) is 4.39 Å². The number of halogens is 1. The Morgan fingerprint density at radius 2 is 2.04 bits per heavy atom. The first kappa shape index (κ1) is 19.9. The van der Waals surface area contributed by atoms with E-state index in [1.165, 1.54) is 0 Å². The smallest absolute Gasteiger partial charge is 0.258 e. The van der Waals surface area contributed by atoms with Crippen LogP contribution in [0.5, 0.6) is 0 Å². The Morgan fingerprint density at radius 1 is 1.36 bits per heavy atom. The molecular formula is C22H29FO5. The van der Waals surface area contributed by atoms with Gasteiger partial charge < -0.3 is 15.3 Å². The maximum atomic E-state index is 13.6. The highest BCUT2D eigenvalue weighted by Gasteiger charge is 2.71. The van der Waals surface area contributed by atoms with Gasteiger partial charge in [0.2, 0.25) is 5.78 Å². The van der Waals surface area contributed by atoms with Gasteiger partial charge in [0.25, 0.3) is 6.36 Å². The van der Waals surface area contributed by atoms with Crippen molar-refractivity contribution in [2.24, 2.45) is 34.5 Å². The number of aliphatic hydroxyl groups is 3. The molecule has 0 aliphatic heterocycles. The van der Waals surface area contributed by atoms with Crippen molar-refractivity contribution in [3.05, 3.63) is 23.8 Å². The zero-order valence-corrected chi connectivity index (χ0v) is 16.6. The Hall–Kier alpha value is -1.37. The molecular weight excluding hydrogens is 363 g/mol. The van der Waals surface area contributed by atoms with Crippen LogP contribution in [0.2, 0.25) is 0 Å². The van der Waals surface area contributed by atoms with E-state index >= 15 is 0 Å². The Bertz CT molecular complexity index is 788. The molecule has 0 aromatic rings. The second kappa shape index (κ2) is 6.07. The van der Waals surface area contributed by atoms with Crippen molar-refractivity contribution in [3.63, 3.8) is 0 Å². The molecule has 4 aliphatic rings. The van der Waals surface area contributed by atoms with Crippen molar-refractivity contribution in [2.45, 2.75) is 64.5 Å². The first-order chi connectivity index (χ1) is 13.0. The average Bonchev–Trinajstić information content (AvgIpc) is 2.82. The Labute approximate surface area is 164 Å². The molecule has 0 aromatic heterocycles. The van der Waals surface area contributed by atoms with Crippen LogP contribution in [0.25, 0.3) is 0 Å². The molecule has 3 unspecified atom stereocenters. The third kappa shape index (κ3) is 2.28. The van der Waals surface area contributed by atoms with Crippen molar-refractivity contribution in [1.29, 1.82) is 0 Å². The fourth-order valence-corrected chi connectivity index (χ4v) is 7.37. The lowest BCUT2D eigenvalue weighted by Gasteiger charge is -2.59. The predicted octanol–water partition coefficient (Wildman–Crippen LogP) is 2.10. The van der Waals surface area contributed by atoms with E-state index < -0.39 is 40.6 Å². The van der Waals surface area contributed by atoms with E-state index in [1.54, 1.807) is 26.0 Å². The minimum atomic E-state index is -2.73. The lowest BCUT2D eigenvalue weighted by Crippen LogP contribution is -2.63. The highest BCUT2D eigenvalue weighted by atomic mass is 19.1. The van der Waals surface area contributed by atoms with Crippen molar-refractivity contribution in [1.82, 2.24) is 0 Å².